The number of aromatic nitrogens is 2. The number of unbranched alkanes of at least 4 members (excludes halogenated alkanes) is 1. The van der Waals surface area contributed by atoms with Crippen LogP contribution in [-0.2, 0) is 4.79 Å². The van der Waals surface area contributed by atoms with Gasteiger partial charge in [-0.3, -0.25) is 14.9 Å². The number of carboxylic acids is 1. The summed E-state index contributed by atoms with van der Waals surface area (Å²) in [5.41, 5.74) is 6.18. The minimum atomic E-state index is -1.02. The van der Waals surface area contributed by atoms with Crippen molar-refractivity contribution < 1.29 is 19.5 Å². The molecule has 10 heteroatoms. The first-order valence-corrected chi connectivity index (χ1v) is 6.62. The second-order valence-corrected chi connectivity index (χ2v) is 4.72. The molecule has 0 aliphatic heterocycles. The number of hydrogen-bond donors (Lipinski definition) is 3. The van der Waals surface area contributed by atoms with Crippen LogP contribution in [0.1, 0.15) is 19.3 Å². The minimum Gasteiger partial charge on any atom is -0.480 e. The Balaban J connectivity index is 1.93. The summed E-state index contributed by atoms with van der Waals surface area (Å²) in [7, 11) is 0. The van der Waals surface area contributed by atoms with Crippen LogP contribution < -0.4 is 11.1 Å². The lowest BCUT2D eigenvalue weighted by Crippen LogP contribution is -2.29. The van der Waals surface area contributed by atoms with Crippen molar-refractivity contribution in [1.82, 2.24) is 10.3 Å². The fourth-order valence-corrected chi connectivity index (χ4v) is 1.98. The van der Waals surface area contributed by atoms with E-state index in [0.717, 1.165) is 0 Å². The first kappa shape index (κ1) is 15.6. The minimum absolute atomic E-state index is 0.0860. The number of carboxylic acid groups (broad SMARTS) is 1. The van der Waals surface area contributed by atoms with E-state index in [2.05, 4.69) is 20.3 Å². The van der Waals surface area contributed by atoms with E-state index in [9.17, 15) is 14.9 Å². The molecule has 0 saturated carbocycles. The summed E-state index contributed by atoms with van der Waals surface area (Å²) in [6.07, 6.45) is 1.73. The maximum atomic E-state index is 10.9. The Hall–Kier alpha value is -2.75. The normalized spacial score (nSPS) is 12.2. The van der Waals surface area contributed by atoms with Gasteiger partial charge in [0, 0.05) is 12.6 Å². The highest BCUT2D eigenvalue weighted by Crippen LogP contribution is 2.28. The third-order valence-corrected chi connectivity index (χ3v) is 3.17. The first-order chi connectivity index (χ1) is 10.5. The summed E-state index contributed by atoms with van der Waals surface area (Å²) in [5, 5.41) is 29.8. The highest BCUT2D eigenvalue weighted by atomic mass is 16.6. The van der Waals surface area contributed by atoms with Crippen LogP contribution in [0.15, 0.2) is 16.8 Å². The molecule has 2 rings (SSSR count). The predicted octanol–water partition coefficient (Wildman–Crippen LogP) is 1.13. The molecular weight excluding hydrogens is 294 g/mol. The van der Waals surface area contributed by atoms with Gasteiger partial charge in [0.15, 0.2) is 5.52 Å². The zero-order valence-corrected chi connectivity index (χ0v) is 11.6. The van der Waals surface area contributed by atoms with Gasteiger partial charge >= 0.3 is 11.7 Å². The molecule has 0 saturated heterocycles. The van der Waals surface area contributed by atoms with Crippen LogP contribution in [0.5, 0.6) is 0 Å². The molecule has 0 aliphatic rings. The Kier molecular flexibility index (Phi) is 4.84. The van der Waals surface area contributed by atoms with E-state index in [1.54, 1.807) is 0 Å². The fourth-order valence-electron chi connectivity index (χ4n) is 1.98. The summed E-state index contributed by atoms with van der Waals surface area (Å²) < 4.78 is 4.56. The molecule has 0 radical (unpaired) electrons. The molecule has 2 aromatic rings. The van der Waals surface area contributed by atoms with Crippen molar-refractivity contribution in [2.75, 3.05) is 11.9 Å². The molecule has 0 fully saturated rings. The third kappa shape index (κ3) is 3.47. The van der Waals surface area contributed by atoms with Gasteiger partial charge in [-0.1, -0.05) is 0 Å². The average Bonchev–Trinajstić information content (AvgIpc) is 2.95. The van der Waals surface area contributed by atoms with Crippen LogP contribution >= 0.6 is 0 Å². The summed E-state index contributed by atoms with van der Waals surface area (Å²) in [6, 6.07) is 2.01. The van der Waals surface area contributed by atoms with Crippen molar-refractivity contribution in [3.8, 4) is 0 Å². The lowest BCUT2D eigenvalue weighted by atomic mass is 10.1. The second-order valence-electron chi connectivity index (χ2n) is 4.72. The Morgan fingerprint density at radius 3 is 2.82 bits per heavy atom. The van der Waals surface area contributed by atoms with Crippen LogP contribution in [0.4, 0.5) is 11.4 Å². The Labute approximate surface area is 124 Å². The molecule has 22 heavy (non-hydrogen) atoms. The van der Waals surface area contributed by atoms with Gasteiger partial charge in [0.25, 0.3) is 0 Å². The molecule has 0 spiro atoms. The summed E-state index contributed by atoms with van der Waals surface area (Å²) in [5.74, 6) is -1.02. The zero-order valence-electron chi connectivity index (χ0n) is 11.6. The van der Waals surface area contributed by atoms with Gasteiger partial charge in [0.2, 0.25) is 5.52 Å². The first-order valence-electron chi connectivity index (χ1n) is 6.62. The number of non-ortho nitro benzene ring substituents is 1. The van der Waals surface area contributed by atoms with E-state index in [4.69, 9.17) is 10.8 Å². The van der Waals surface area contributed by atoms with Gasteiger partial charge in [0.1, 0.15) is 6.04 Å². The van der Waals surface area contributed by atoms with Crippen LogP contribution in [0.2, 0.25) is 0 Å². The lowest BCUT2D eigenvalue weighted by Gasteiger charge is -2.08. The Morgan fingerprint density at radius 1 is 1.41 bits per heavy atom. The second kappa shape index (κ2) is 6.80. The van der Waals surface area contributed by atoms with Crippen LogP contribution in [0.25, 0.3) is 11.0 Å². The summed E-state index contributed by atoms with van der Waals surface area (Å²) in [6.45, 7) is 0.548. The summed E-state index contributed by atoms with van der Waals surface area (Å²) in [4.78, 5) is 20.9. The zero-order chi connectivity index (χ0) is 16.1. The van der Waals surface area contributed by atoms with Crippen LogP contribution in [0, 0.1) is 10.1 Å². The molecule has 4 N–H and O–H groups in total. The number of rotatable bonds is 8. The third-order valence-electron chi connectivity index (χ3n) is 3.17. The van der Waals surface area contributed by atoms with E-state index >= 15 is 0 Å². The Morgan fingerprint density at radius 2 is 2.14 bits per heavy atom. The van der Waals surface area contributed by atoms with Gasteiger partial charge in [-0.25, -0.2) is 4.63 Å². The highest BCUT2D eigenvalue weighted by molar-refractivity contribution is 5.93. The smallest absolute Gasteiger partial charge is 0.320 e. The molecule has 1 atom stereocenters. The van der Waals surface area contributed by atoms with E-state index in [0.29, 0.717) is 31.5 Å². The maximum Gasteiger partial charge on any atom is 0.320 e. The monoisotopic (exact) mass is 309 g/mol. The molecule has 0 amide bonds. The number of aliphatic carboxylic acids is 1. The molecule has 0 aliphatic carbocycles. The number of nitrogens with one attached hydrogen (secondary N) is 1. The number of fused-ring (bicyclic) bond motifs is 1. The van der Waals surface area contributed by atoms with E-state index < -0.39 is 16.9 Å². The average molecular weight is 309 g/mol. The van der Waals surface area contributed by atoms with Crippen LogP contribution in [-0.4, -0.2) is 38.9 Å². The van der Waals surface area contributed by atoms with Gasteiger partial charge in [-0.15, -0.1) is 0 Å². The van der Waals surface area contributed by atoms with Crippen molar-refractivity contribution in [1.29, 1.82) is 0 Å². The van der Waals surface area contributed by atoms with Crippen molar-refractivity contribution in [2.45, 2.75) is 25.3 Å². The number of nitrogens with two attached hydrogens (primary N) is 1. The standard InChI is InChI=1S/C12H15N5O5/c13-7(12(18)19)3-1-2-6-14-8-4-5-9(17(20)21)11-10(8)15-22-16-11/h4-5,7,14H,1-3,6,13H2,(H,18,19)/t7-/m0/s1. The number of nitro benzene ring substituents is 1. The molecular formula is C12H15N5O5. The number of anilines is 1. The number of benzene rings is 1. The summed E-state index contributed by atoms with van der Waals surface area (Å²) >= 11 is 0. The highest BCUT2D eigenvalue weighted by Gasteiger charge is 2.19. The number of nitrogens with zero attached hydrogens (tertiary/aromatic N) is 3. The van der Waals surface area contributed by atoms with Gasteiger partial charge in [-0.2, -0.15) is 0 Å². The van der Waals surface area contributed by atoms with Crippen molar-refractivity contribution in [2.24, 2.45) is 5.73 Å². The number of hydrogen-bond acceptors (Lipinski definition) is 8. The largest absolute Gasteiger partial charge is 0.480 e. The molecule has 1 heterocycles. The maximum absolute atomic E-state index is 10.9. The molecule has 1 aromatic heterocycles. The topological polar surface area (TPSA) is 157 Å². The number of carbonyl (C=O) groups is 1. The van der Waals surface area contributed by atoms with E-state index in [1.165, 1.54) is 12.1 Å². The van der Waals surface area contributed by atoms with Crippen LogP contribution in [0.3, 0.4) is 0 Å². The van der Waals surface area contributed by atoms with E-state index in [-0.39, 0.29) is 16.7 Å². The molecule has 0 unspecified atom stereocenters. The molecule has 118 valence electrons. The van der Waals surface area contributed by atoms with Gasteiger partial charge < -0.3 is 16.2 Å². The predicted molar refractivity (Wildman–Crippen MR) is 76.4 cm³/mol. The van der Waals surface area contributed by atoms with Gasteiger partial charge in [0.05, 0.1) is 10.6 Å². The Bertz CT molecular complexity index is 686. The van der Waals surface area contributed by atoms with Crippen molar-refractivity contribution >= 4 is 28.4 Å². The molecule has 1 aromatic carbocycles. The van der Waals surface area contributed by atoms with E-state index in [1.807, 2.05) is 0 Å². The lowest BCUT2D eigenvalue weighted by molar-refractivity contribution is -0.383. The quantitative estimate of drug-likeness (QED) is 0.369. The SMILES string of the molecule is N[C@@H](CCCCNc1ccc([N+](=O)[O-])c2nonc12)C(=O)O. The molecule has 0 bridgehead atoms. The van der Waals surface area contributed by atoms with Gasteiger partial charge in [-0.05, 0) is 35.6 Å². The molecule has 10 nitrogen and oxygen atoms in total. The fraction of sp³-hybridized carbons (Fsp3) is 0.417. The van der Waals surface area contributed by atoms with Crippen molar-refractivity contribution in [3.05, 3.63) is 22.2 Å². The van der Waals surface area contributed by atoms with Crippen molar-refractivity contribution in [3.63, 3.8) is 0 Å². The number of nitro groups is 1.